The SMILES string of the molecule is CCn1cc(-c2cc(C(=O)NCC(C)(C)c3ccccc3F)no2)cn1. The predicted octanol–water partition coefficient (Wildman–Crippen LogP) is 3.40. The summed E-state index contributed by atoms with van der Waals surface area (Å²) >= 11 is 0. The third kappa shape index (κ3) is 3.66. The molecular formula is C19H21FN4O2. The summed E-state index contributed by atoms with van der Waals surface area (Å²) in [5.41, 5.74) is 0.919. The molecule has 0 spiro atoms. The van der Waals surface area contributed by atoms with E-state index in [9.17, 15) is 9.18 Å². The van der Waals surface area contributed by atoms with Crippen LogP contribution in [0.2, 0.25) is 0 Å². The molecule has 7 heteroatoms. The van der Waals surface area contributed by atoms with E-state index in [-0.39, 0.29) is 24.0 Å². The van der Waals surface area contributed by atoms with Gasteiger partial charge >= 0.3 is 0 Å². The van der Waals surface area contributed by atoms with Crippen LogP contribution in [0.25, 0.3) is 11.3 Å². The summed E-state index contributed by atoms with van der Waals surface area (Å²) in [6.45, 7) is 6.74. The van der Waals surface area contributed by atoms with Gasteiger partial charge in [0.05, 0.1) is 11.8 Å². The van der Waals surface area contributed by atoms with Crippen molar-refractivity contribution in [3.8, 4) is 11.3 Å². The molecule has 0 atom stereocenters. The Bertz CT molecular complexity index is 914. The lowest BCUT2D eigenvalue weighted by atomic mass is 9.84. The van der Waals surface area contributed by atoms with Gasteiger partial charge in [0.15, 0.2) is 11.5 Å². The number of benzene rings is 1. The Morgan fingerprint density at radius 1 is 1.35 bits per heavy atom. The van der Waals surface area contributed by atoms with Crippen molar-refractivity contribution in [2.75, 3.05) is 6.54 Å². The van der Waals surface area contributed by atoms with E-state index < -0.39 is 5.41 Å². The summed E-state index contributed by atoms with van der Waals surface area (Å²) in [6, 6.07) is 8.14. The minimum Gasteiger partial charge on any atom is -0.355 e. The van der Waals surface area contributed by atoms with Crippen LogP contribution in [0.1, 0.15) is 36.8 Å². The van der Waals surface area contributed by atoms with Crippen molar-refractivity contribution in [3.05, 3.63) is 59.8 Å². The van der Waals surface area contributed by atoms with Crippen LogP contribution in [-0.4, -0.2) is 27.4 Å². The average Bonchev–Trinajstić information content (AvgIpc) is 3.29. The predicted molar refractivity (Wildman–Crippen MR) is 95.2 cm³/mol. The largest absolute Gasteiger partial charge is 0.355 e. The van der Waals surface area contributed by atoms with Crippen molar-refractivity contribution in [2.45, 2.75) is 32.7 Å². The normalized spacial score (nSPS) is 11.5. The standard InChI is InChI=1S/C19H21FN4O2/c1-4-24-11-13(10-22-24)17-9-16(23-26-17)18(25)21-12-19(2,3)14-7-5-6-8-15(14)20/h5-11H,4,12H2,1-3H3,(H,21,25). The highest BCUT2D eigenvalue weighted by atomic mass is 19.1. The maximum atomic E-state index is 14.0. The first-order valence-corrected chi connectivity index (χ1v) is 8.43. The Labute approximate surface area is 151 Å². The second-order valence-electron chi connectivity index (χ2n) is 6.71. The van der Waals surface area contributed by atoms with E-state index >= 15 is 0 Å². The lowest BCUT2D eigenvalue weighted by Crippen LogP contribution is -2.37. The number of carbonyl (C=O) groups excluding carboxylic acids is 1. The minimum absolute atomic E-state index is 0.175. The van der Waals surface area contributed by atoms with E-state index in [0.29, 0.717) is 11.3 Å². The van der Waals surface area contributed by atoms with Crippen molar-refractivity contribution in [3.63, 3.8) is 0 Å². The van der Waals surface area contributed by atoms with Crippen LogP contribution >= 0.6 is 0 Å². The Balaban J connectivity index is 1.68. The first-order chi connectivity index (χ1) is 12.4. The van der Waals surface area contributed by atoms with Gasteiger partial charge in [-0.25, -0.2) is 4.39 Å². The summed E-state index contributed by atoms with van der Waals surface area (Å²) < 4.78 is 21.0. The van der Waals surface area contributed by atoms with Crippen molar-refractivity contribution in [1.82, 2.24) is 20.3 Å². The first kappa shape index (κ1) is 17.8. The number of carbonyl (C=O) groups is 1. The van der Waals surface area contributed by atoms with Crippen molar-refractivity contribution >= 4 is 5.91 Å². The maximum Gasteiger partial charge on any atom is 0.273 e. The highest BCUT2D eigenvalue weighted by Crippen LogP contribution is 2.25. The number of hydrogen-bond donors (Lipinski definition) is 1. The zero-order chi connectivity index (χ0) is 18.7. The molecule has 2 heterocycles. The molecule has 0 bridgehead atoms. The third-order valence-electron chi connectivity index (χ3n) is 4.28. The van der Waals surface area contributed by atoms with Crippen molar-refractivity contribution < 1.29 is 13.7 Å². The smallest absolute Gasteiger partial charge is 0.273 e. The number of aryl methyl sites for hydroxylation is 1. The van der Waals surface area contributed by atoms with Gasteiger partial charge in [0.1, 0.15) is 5.82 Å². The van der Waals surface area contributed by atoms with Crippen LogP contribution in [0.4, 0.5) is 4.39 Å². The Morgan fingerprint density at radius 2 is 2.12 bits per heavy atom. The molecule has 0 saturated carbocycles. The van der Waals surface area contributed by atoms with E-state index in [0.717, 1.165) is 12.1 Å². The molecule has 1 amide bonds. The lowest BCUT2D eigenvalue weighted by molar-refractivity contribution is 0.0936. The molecule has 1 aromatic carbocycles. The van der Waals surface area contributed by atoms with Crippen LogP contribution in [-0.2, 0) is 12.0 Å². The van der Waals surface area contributed by atoms with Gasteiger partial charge in [-0.3, -0.25) is 9.48 Å². The first-order valence-electron chi connectivity index (χ1n) is 8.43. The molecule has 0 fully saturated rings. The fourth-order valence-corrected chi connectivity index (χ4v) is 2.68. The van der Waals surface area contributed by atoms with Crippen LogP contribution in [0.5, 0.6) is 0 Å². The molecule has 6 nitrogen and oxygen atoms in total. The molecule has 0 aliphatic rings. The molecule has 2 aromatic heterocycles. The highest BCUT2D eigenvalue weighted by molar-refractivity contribution is 5.93. The molecule has 26 heavy (non-hydrogen) atoms. The summed E-state index contributed by atoms with van der Waals surface area (Å²) in [5, 5.41) is 10.8. The number of halogens is 1. The number of aromatic nitrogens is 3. The molecule has 0 aliphatic carbocycles. The Hall–Kier alpha value is -2.96. The van der Waals surface area contributed by atoms with E-state index in [1.807, 2.05) is 27.0 Å². The molecule has 0 saturated heterocycles. The van der Waals surface area contributed by atoms with Gasteiger partial charge in [-0.15, -0.1) is 0 Å². The van der Waals surface area contributed by atoms with E-state index in [1.54, 1.807) is 35.1 Å². The van der Waals surface area contributed by atoms with E-state index in [1.165, 1.54) is 6.07 Å². The molecule has 3 rings (SSSR count). The van der Waals surface area contributed by atoms with Gasteiger partial charge in [-0.1, -0.05) is 37.2 Å². The summed E-state index contributed by atoms with van der Waals surface area (Å²) in [7, 11) is 0. The second-order valence-corrected chi connectivity index (χ2v) is 6.71. The molecule has 3 aromatic rings. The average molecular weight is 356 g/mol. The van der Waals surface area contributed by atoms with Crippen LogP contribution in [0, 0.1) is 5.82 Å². The van der Waals surface area contributed by atoms with Gasteiger partial charge in [0.25, 0.3) is 5.91 Å². The number of hydrogen-bond acceptors (Lipinski definition) is 4. The third-order valence-corrected chi connectivity index (χ3v) is 4.28. The van der Waals surface area contributed by atoms with Crippen molar-refractivity contribution in [1.29, 1.82) is 0 Å². The molecular weight excluding hydrogens is 335 g/mol. The number of nitrogens with one attached hydrogen (secondary N) is 1. The number of rotatable bonds is 6. The van der Waals surface area contributed by atoms with Gasteiger partial charge < -0.3 is 9.84 Å². The summed E-state index contributed by atoms with van der Waals surface area (Å²) in [5.74, 6) is -0.182. The topological polar surface area (TPSA) is 73.0 Å². The van der Waals surface area contributed by atoms with Crippen LogP contribution < -0.4 is 5.32 Å². The monoisotopic (exact) mass is 356 g/mol. The molecule has 0 unspecified atom stereocenters. The van der Waals surface area contributed by atoms with Gasteiger partial charge in [-0.2, -0.15) is 5.10 Å². The van der Waals surface area contributed by atoms with Crippen LogP contribution in [0.3, 0.4) is 0 Å². The second kappa shape index (κ2) is 7.11. The van der Waals surface area contributed by atoms with Gasteiger partial charge in [0.2, 0.25) is 0 Å². The zero-order valence-electron chi connectivity index (χ0n) is 15.0. The molecule has 0 aliphatic heterocycles. The summed E-state index contributed by atoms with van der Waals surface area (Å²) in [4.78, 5) is 12.4. The molecule has 0 radical (unpaired) electrons. The number of amides is 1. The van der Waals surface area contributed by atoms with E-state index in [4.69, 9.17) is 4.52 Å². The number of nitrogens with zero attached hydrogens (tertiary/aromatic N) is 3. The lowest BCUT2D eigenvalue weighted by Gasteiger charge is -2.25. The van der Waals surface area contributed by atoms with Gasteiger partial charge in [0, 0.05) is 30.8 Å². The quantitative estimate of drug-likeness (QED) is 0.735. The Morgan fingerprint density at radius 3 is 2.81 bits per heavy atom. The van der Waals surface area contributed by atoms with Crippen molar-refractivity contribution in [2.24, 2.45) is 0 Å². The zero-order valence-corrected chi connectivity index (χ0v) is 15.0. The fourth-order valence-electron chi connectivity index (χ4n) is 2.68. The highest BCUT2D eigenvalue weighted by Gasteiger charge is 2.25. The molecule has 1 N–H and O–H groups in total. The van der Waals surface area contributed by atoms with Crippen LogP contribution in [0.15, 0.2) is 47.2 Å². The Kier molecular flexibility index (Phi) is 4.88. The molecule has 136 valence electrons. The fraction of sp³-hybridized carbons (Fsp3) is 0.316. The van der Waals surface area contributed by atoms with E-state index in [2.05, 4.69) is 15.6 Å². The summed E-state index contributed by atoms with van der Waals surface area (Å²) in [6.07, 6.45) is 3.48. The van der Waals surface area contributed by atoms with Gasteiger partial charge in [-0.05, 0) is 18.6 Å². The minimum atomic E-state index is -0.560. The maximum absolute atomic E-state index is 14.0.